The number of aromatic nitrogens is 1. The highest BCUT2D eigenvalue weighted by Gasteiger charge is 2.22. The Morgan fingerprint density at radius 3 is 2.54 bits per heavy atom. The van der Waals surface area contributed by atoms with Crippen LogP contribution in [0.4, 0.5) is 5.69 Å². The first kappa shape index (κ1) is 17.9. The molecule has 0 unspecified atom stereocenters. The monoisotopic (exact) mass is 392 g/mol. The second-order valence-electron chi connectivity index (χ2n) is 5.12. The van der Waals surface area contributed by atoms with Gasteiger partial charge < -0.3 is 9.15 Å². The quantitative estimate of drug-likeness (QED) is 0.347. The molecule has 26 heavy (non-hydrogen) atoms. The molecule has 0 aliphatic rings. The van der Waals surface area contributed by atoms with Crippen molar-refractivity contribution in [1.29, 1.82) is 0 Å². The number of rotatable bonds is 5. The number of oxazole rings is 1. The second kappa shape index (κ2) is 7.55. The molecule has 0 aliphatic carbocycles. The Kier molecular flexibility index (Phi) is 5.20. The second-order valence-corrected chi connectivity index (χ2v) is 5.99. The van der Waals surface area contributed by atoms with Crippen LogP contribution in [0.5, 0.6) is 0 Å². The van der Waals surface area contributed by atoms with Crippen LogP contribution in [0.1, 0.15) is 16.2 Å². The summed E-state index contributed by atoms with van der Waals surface area (Å²) >= 11 is 11.6. The van der Waals surface area contributed by atoms with Gasteiger partial charge in [0.1, 0.15) is 5.56 Å². The first-order valence-corrected chi connectivity index (χ1v) is 8.01. The Balaban J connectivity index is 1.72. The zero-order valence-electron chi connectivity index (χ0n) is 13.0. The Morgan fingerprint density at radius 2 is 1.85 bits per heavy atom. The highest BCUT2D eigenvalue weighted by Crippen LogP contribution is 2.25. The molecule has 1 heterocycles. The Labute approximate surface area is 157 Å². The van der Waals surface area contributed by atoms with Gasteiger partial charge in [0.2, 0.25) is 5.89 Å². The van der Waals surface area contributed by atoms with Gasteiger partial charge in [-0.1, -0.05) is 23.2 Å². The predicted molar refractivity (Wildman–Crippen MR) is 94.2 cm³/mol. The molecule has 0 saturated carbocycles. The molecule has 0 aliphatic heterocycles. The third kappa shape index (κ3) is 4.01. The fourth-order valence-electron chi connectivity index (χ4n) is 2.16. The van der Waals surface area contributed by atoms with Crippen molar-refractivity contribution in [1.82, 2.24) is 4.98 Å². The van der Waals surface area contributed by atoms with E-state index in [2.05, 4.69) is 4.98 Å². The molecule has 0 bridgehead atoms. The van der Waals surface area contributed by atoms with Crippen LogP contribution in [0.3, 0.4) is 0 Å². The number of nitro benzene ring substituents is 1. The van der Waals surface area contributed by atoms with E-state index in [9.17, 15) is 14.9 Å². The number of ether oxygens (including phenoxy) is 1. The number of carbonyl (C=O) groups is 1. The lowest BCUT2D eigenvalue weighted by molar-refractivity contribution is -0.385. The van der Waals surface area contributed by atoms with Crippen LogP contribution in [0.15, 0.2) is 53.1 Å². The van der Waals surface area contributed by atoms with Crippen LogP contribution in [0, 0.1) is 10.1 Å². The van der Waals surface area contributed by atoms with Crippen molar-refractivity contribution < 1.29 is 18.9 Å². The summed E-state index contributed by atoms with van der Waals surface area (Å²) in [4.78, 5) is 26.5. The molecule has 0 fully saturated rings. The number of halogens is 2. The van der Waals surface area contributed by atoms with Crippen LogP contribution in [-0.4, -0.2) is 15.9 Å². The molecule has 3 aromatic rings. The maximum absolute atomic E-state index is 12.1. The molecule has 1 aromatic heterocycles. The minimum atomic E-state index is -0.898. The molecule has 3 rings (SSSR count). The van der Waals surface area contributed by atoms with Crippen molar-refractivity contribution in [3.63, 3.8) is 0 Å². The molecule has 7 nitrogen and oxygen atoms in total. The van der Waals surface area contributed by atoms with Crippen LogP contribution < -0.4 is 0 Å². The number of esters is 1. The van der Waals surface area contributed by atoms with E-state index in [0.29, 0.717) is 10.8 Å². The average molecular weight is 393 g/mol. The van der Waals surface area contributed by atoms with Gasteiger partial charge in [0.05, 0.1) is 11.1 Å². The van der Waals surface area contributed by atoms with Gasteiger partial charge in [-0.2, -0.15) is 0 Å². The molecule has 0 saturated heterocycles. The van der Waals surface area contributed by atoms with E-state index in [4.69, 9.17) is 32.4 Å². The number of nitrogens with zero attached hydrogens (tertiary/aromatic N) is 2. The van der Waals surface area contributed by atoms with Gasteiger partial charge in [-0.3, -0.25) is 10.1 Å². The van der Waals surface area contributed by atoms with E-state index in [1.54, 1.807) is 24.3 Å². The maximum atomic E-state index is 12.1. The highest BCUT2D eigenvalue weighted by molar-refractivity contribution is 6.31. The molecular weight excluding hydrogens is 383 g/mol. The zero-order chi connectivity index (χ0) is 18.7. The van der Waals surface area contributed by atoms with Gasteiger partial charge in [-0.25, -0.2) is 9.78 Å². The van der Waals surface area contributed by atoms with Gasteiger partial charge in [0, 0.05) is 21.7 Å². The molecule has 0 radical (unpaired) electrons. The first-order chi connectivity index (χ1) is 12.4. The zero-order valence-corrected chi connectivity index (χ0v) is 14.5. The van der Waals surface area contributed by atoms with E-state index in [1.165, 1.54) is 18.3 Å². The van der Waals surface area contributed by atoms with Gasteiger partial charge >= 0.3 is 5.97 Å². The molecule has 0 amide bonds. The van der Waals surface area contributed by atoms with Crippen LogP contribution >= 0.6 is 23.2 Å². The lowest BCUT2D eigenvalue weighted by atomic mass is 10.2. The van der Waals surface area contributed by atoms with E-state index < -0.39 is 16.6 Å². The fraction of sp³-hybridized carbons (Fsp3) is 0.0588. The van der Waals surface area contributed by atoms with E-state index in [0.717, 1.165) is 11.6 Å². The molecule has 0 spiro atoms. The van der Waals surface area contributed by atoms with Crippen molar-refractivity contribution >= 4 is 34.9 Å². The number of hydrogen-bond donors (Lipinski definition) is 0. The Hall–Kier alpha value is -2.90. The molecule has 0 N–H and O–H groups in total. The van der Waals surface area contributed by atoms with Crippen LogP contribution in [-0.2, 0) is 11.3 Å². The highest BCUT2D eigenvalue weighted by atomic mass is 35.5. The smallest absolute Gasteiger partial charge is 0.345 e. The molecular formula is C17H10Cl2N2O5. The summed E-state index contributed by atoms with van der Waals surface area (Å²) in [6.45, 7) is -0.282. The van der Waals surface area contributed by atoms with Crippen molar-refractivity contribution in [2.45, 2.75) is 6.61 Å². The lowest BCUT2D eigenvalue weighted by Crippen LogP contribution is -2.08. The van der Waals surface area contributed by atoms with Crippen LogP contribution in [0.25, 0.3) is 11.3 Å². The minimum absolute atomic E-state index is 0.146. The average Bonchev–Trinajstić information content (AvgIpc) is 3.09. The number of carbonyl (C=O) groups excluding carboxylic acids is 1. The summed E-state index contributed by atoms with van der Waals surface area (Å²) < 4.78 is 10.6. The van der Waals surface area contributed by atoms with E-state index >= 15 is 0 Å². The summed E-state index contributed by atoms with van der Waals surface area (Å²) in [5, 5.41) is 11.8. The number of benzene rings is 2. The molecule has 9 heteroatoms. The van der Waals surface area contributed by atoms with Crippen molar-refractivity contribution in [3.05, 3.63) is 80.3 Å². The van der Waals surface area contributed by atoms with E-state index in [-0.39, 0.29) is 23.1 Å². The van der Waals surface area contributed by atoms with Gasteiger partial charge in [-0.05, 0) is 36.4 Å². The largest absolute Gasteiger partial charge is 0.452 e. The first-order valence-electron chi connectivity index (χ1n) is 7.26. The fourth-order valence-corrected chi connectivity index (χ4v) is 2.46. The minimum Gasteiger partial charge on any atom is -0.452 e. The molecule has 0 atom stereocenters. The van der Waals surface area contributed by atoms with Gasteiger partial charge in [-0.15, -0.1) is 0 Å². The van der Waals surface area contributed by atoms with Crippen molar-refractivity contribution in [2.24, 2.45) is 0 Å². The standard InChI is InChI=1S/C17H10Cl2N2O5/c18-11-3-1-10(2-4-11)15-8-20-16(26-15)9-25-17(22)13-7-12(19)5-6-14(13)21(23)24/h1-8H,9H2. The van der Waals surface area contributed by atoms with Crippen molar-refractivity contribution in [3.8, 4) is 11.3 Å². The third-order valence-corrected chi connectivity index (χ3v) is 3.87. The third-order valence-electron chi connectivity index (χ3n) is 3.38. The van der Waals surface area contributed by atoms with Gasteiger partial charge in [0.25, 0.3) is 5.69 Å². The SMILES string of the molecule is O=C(OCc1ncc(-c2ccc(Cl)cc2)o1)c1cc(Cl)ccc1[N+](=O)[O-]. The lowest BCUT2D eigenvalue weighted by Gasteiger charge is -2.04. The van der Waals surface area contributed by atoms with Crippen molar-refractivity contribution in [2.75, 3.05) is 0 Å². The number of hydrogen-bond acceptors (Lipinski definition) is 6. The van der Waals surface area contributed by atoms with E-state index in [1.807, 2.05) is 0 Å². The summed E-state index contributed by atoms with van der Waals surface area (Å²) in [5.74, 6) is -0.278. The molecule has 132 valence electrons. The van der Waals surface area contributed by atoms with Crippen LogP contribution in [0.2, 0.25) is 10.0 Å². The number of nitro groups is 1. The Morgan fingerprint density at radius 1 is 1.15 bits per heavy atom. The molecule has 2 aromatic carbocycles. The van der Waals surface area contributed by atoms with Gasteiger partial charge in [0.15, 0.2) is 12.4 Å². The maximum Gasteiger partial charge on any atom is 0.345 e. The predicted octanol–water partition coefficient (Wildman–Crippen LogP) is 4.91. The summed E-state index contributed by atoms with van der Waals surface area (Å²) in [6, 6.07) is 10.6. The summed E-state index contributed by atoms with van der Waals surface area (Å²) in [6.07, 6.45) is 1.48. The summed E-state index contributed by atoms with van der Waals surface area (Å²) in [7, 11) is 0. The topological polar surface area (TPSA) is 95.5 Å². The summed E-state index contributed by atoms with van der Waals surface area (Å²) in [5.41, 5.74) is 0.116. The Bertz CT molecular complexity index is 970. The normalized spacial score (nSPS) is 10.5.